The fraction of sp³-hybridized carbons (Fsp3) is 0.587. The molecule has 0 amide bonds. The normalized spacial score (nSPS) is 14.7. The SMILES string of the molecule is CC/C=C/C/C=C/C/C=C/C/C=C/C/C=C/CCCC(=O)OC[C@H](COP(=O)(O)OC[C@H](N)C(=O)O)OC(=O)CCC/C=C/C/C=C/C/C=C/CCCCCCCC. The predicted molar refractivity (Wildman–Crippen MR) is 235 cm³/mol. The van der Waals surface area contributed by atoms with Crippen molar-refractivity contribution in [3.8, 4) is 0 Å². The molecule has 0 spiro atoms. The van der Waals surface area contributed by atoms with Crippen LogP contribution >= 0.6 is 7.82 Å². The van der Waals surface area contributed by atoms with Gasteiger partial charge < -0.3 is 25.2 Å². The summed E-state index contributed by atoms with van der Waals surface area (Å²) in [6.07, 6.45) is 50.6. The number of phosphoric ester groups is 1. The fourth-order valence-electron chi connectivity index (χ4n) is 5.00. The second-order valence-corrected chi connectivity index (χ2v) is 15.2. The molecule has 328 valence electrons. The van der Waals surface area contributed by atoms with Gasteiger partial charge in [0.25, 0.3) is 0 Å². The minimum absolute atomic E-state index is 0.0715. The van der Waals surface area contributed by atoms with Gasteiger partial charge in [-0.2, -0.15) is 0 Å². The van der Waals surface area contributed by atoms with E-state index in [1.165, 1.54) is 38.5 Å². The summed E-state index contributed by atoms with van der Waals surface area (Å²) in [6.45, 7) is 2.55. The van der Waals surface area contributed by atoms with E-state index in [1.54, 1.807) is 0 Å². The monoisotopic (exact) mass is 832 g/mol. The van der Waals surface area contributed by atoms with Crippen molar-refractivity contribution in [3.63, 3.8) is 0 Å². The summed E-state index contributed by atoms with van der Waals surface area (Å²) < 4.78 is 32.5. The number of ether oxygens (including phenoxy) is 2. The third-order valence-corrected chi connectivity index (χ3v) is 9.27. The van der Waals surface area contributed by atoms with E-state index >= 15 is 0 Å². The van der Waals surface area contributed by atoms with Gasteiger partial charge in [0, 0.05) is 12.8 Å². The molecule has 0 fully saturated rings. The highest BCUT2D eigenvalue weighted by atomic mass is 31.2. The Kier molecular flexibility index (Phi) is 37.7. The van der Waals surface area contributed by atoms with Crippen LogP contribution in [-0.2, 0) is 37.5 Å². The minimum Gasteiger partial charge on any atom is -0.480 e. The van der Waals surface area contributed by atoms with Crippen LogP contribution in [0.1, 0.15) is 142 Å². The number of nitrogens with two attached hydrogens (primary N) is 1. The zero-order chi connectivity index (χ0) is 42.8. The van der Waals surface area contributed by atoms with Crippen molar-refractivity contribution in [2.45, 2.75) is 154 Å². The number of hydrogen-bond acceptors (Lipinski definition) is 9. The zero-order valence-corrected chi connectivity index (χ0v) is 36.2. The molecule has 0 saturated carbocycles. The van der Waals surface area contributed by atoms with Gasteiger partial charge in [-0.3, -0.25) is 23.4 Å². The number of hydrogen-bond donors (Lipinski definition) is 3. The van der Waals surface area contributed by atoms with Gasteiger partial charge in [0.2, 0.25) is 0 Å². The van der Waals surface area contributed by atoms with Crippen molar-refractivity contribution in [1.29, 1.82) is 0 Å². The summed E-state index contributed by atoms with van der Waals surface area (Å²) in [5.74, 6) is -2.54. The molecular weight excluding hydrogens is 757 g/mol. The Morgan fingerprint density at radius 1 is 0.552 bits per heavy atom. The van der Waals surface area contributed by atoms with Crippen LogP contribution in [0.4, 0.5) is 0 Å². The summed E-state index contributed by atoms with van der Waals surface area (Å²) in [7, 11) is -4.75. The Morgan fingerprint density at radius 2 is 0.966 bits per heavy atom. The summed E-state index contributed by atoms with van der Waals surface area (Å²) in [5, 5.41) is 8.88. The van der Waals surface area contributed by atoms with E-state index < -0.39 is 57.7 Å². The second kappa shape index (κ2) is 40.2. The number of unbranched alkanes of at least 4 members (excludes halogenated alkanes) is 8. The molecule has 0 aliphatic carbocycles. The molecule has 0 aliphatic rings. The first kappa shape index (κ1) is 54.4. The molecule has 12 heteroatoms. The van der Waals surface area contributed by atoms with Gasteiger partial charge in [-0.15, -0.1) is 0 Å². The predicted octanol–water partition coefficient (Wildman–Crippen LogP) is 11.3. The highest BCUT2D eigenvalue weighted by molar-refractivity contribution is 7.47. The molecular formula is C46H74NO10P. The Bertz CT molecular complexity index is 1350. The van der Waals surface area contributed by atoms with Gasteiger partial charge >= 0.3 is 25.7 Å². The number of phosphoric acid groups is 1. The maximum absolute atomic E-state index is 12.6. The molecule has 4 N–H and O–H groups in total. The van der Waals surface area contributed by atoms with Crippen molar-refractivity contribution >= 4 is 25.7 Å². The molecule has 0 aromatic heterocycles. The molecule has 0 radical (unpaired) electrons. The number of esters is 2. The summed E-state index contributed by atoms with van der Waals surface area (Å²) in [4.78, 5) is 45.9. The van der Waals surface area contributed by atoms with E-state index in [9.17, 15) is 23.8 Å². The van der Waals surface area contributed by atoms with E-state index in [0.29, 0.717) is 25.7 Å². The number of allylic oxidation sites excluding steroid dienone is 16. The summed E-state index contributed by atoms with van der Waals surface area (Å²) in [6, 6.07) is -1.54. The van der Waals surface area contributed by atoms with Crippen molar-refractivity contribution in [1.82, 2.24) is 0 Å². The van der Waals surface area contributed by atoms with Crippen molar-refractivity contribution in [2.24, 2.45) is 5.73 Å². The van der Waals surface area contributed by atoms with Crippen LogP contribution < -0.4 is 5.73 Å². The van der Waals surface area contributed by atoms with E-state index in [-0.39, 0.29) is 12.8 Å². The van der Waals surface area contributed by atoms with Crippen molar-refractivity contribution in [3.05, 3.63) is 97.2 Å². The average molecular weight is 832 g/mol. The third kappa shape index (κ3) is 39.2. The lowest BCUT2D eigenvalue weighted by Gasteiger charge is -2.20. The lowest BCUT2D eigenvalue weighted by atomic mass is 10.1. The average Bonchev–Trinajstić information content (AvgIpc) is 3.20. The lowest BCUT2D eigenvalue weighted by Crippen LogP contribution is -2.34. The van der Waals surface area contributed by atoms with E-state index in [0.717, 1.165) is 51.4 Å². The van der Waals surface area contributed by atoms with Gasteiger partial charge in [0.1, 0.15) is 12.6 Å². The van der Waals surface area contributed by atoms with Gasteiger partial charge in [0.05, 0.1) is 13.2 Å². The summed E-state index contributed by atoms with van der Waals surface area (Å²) in [5.41, 5.74) is 5.32. The maximum Gasteiger partial charge on any atom is 0.472 e. The largest absolute Gasteiger partial charge is 0.480 e. The molecule has 3 atom stereocenters. The van der Waals surface area contributed by atoms with Gasteiger partial charge in [0.15, 0.2) is 6.10 Å². The Hall–Kier alpha value is -3.60. The summed E-state index contributed by atoms with van der Waals surface area (Å²) >= 11 is 0. The molecule has 0 rings (SSSR count). The molecule has 0 aromatic rings. The molecule has 1 unspecified atom stereocenters. The fourth-order valence-corrected chi connectivity index (χ4v) is 5.77. The Morgan fingerprint density at radius 3 is 1.45 bits per heavy atom. The zero-order valence-electron chi connectivity index (χ0n) is 35.3. The van der Waals surface area contributed by atoms with Crippen LogP contribution in [0.5, 0.6) is 0 Å². The van der Waals surface area contributed by atoms with Crippen LogP contribution in [-0.4, -0.2) is 59.9 Å². The van der Waals surface area contributed by atoms with E-state index in [1.807, 2.05) is 24.3 Å². The highest BCUT2D eigenvalue weighted by Crippen LogP contribution is 2.43. The van der Waals surface area contributed by atoms with Gasteiger partial charge in [-0.05, 0) is 83.5 Å². The number of rotatable bonds is 38. The van der Waals surface area contributed by atoms with Crippen molar-refractivity contribution < 1.29 is 47.5 Å². The van der Waals surface area contributed by atoms with Crippen LogP contribution in [0.2, 0.25) is 0 Å². The molecule has 0 aliphatic heterocycles. The number of carboxylic acids is 1. The molecule has 0 aromatic carbocycles. The number of carbonyl (C=O) groups excluding carboxylic acids is 2. The maximum atomic E-state index is 12.6. The molecule has 11 nitrogen and oxygen atoms in total. The lowest BCUT2D eigenvalue weighted by molar-refractivity contribution is -0.161. The topological polar surface area (TPSA) is 172 Å². The van der Waals surface area contributed by atoms with E-state index in [2.05, 4.69) is 91.3 Å². The first-order valence-corrected chi connectivity index (χ1v) is 22.8. The van der Waals surface area contributed by atoms with Gasteiger partial charge in [-0.1, -0.05) is 143 Å². The first-order valence-electron chi connectivity index (χ1n) is 21.3. The molecule has 0 bridgehead atoms. The Balaban J connectivity index is 4.58. The van der Waals surface area contributed by atoms with Crippen LogP contribution in [0.15, 0.2) is 97.2 Å². The minimum atomic E-state index is -4.75. The Labute approximate surface area is 349 Å². The van der Waals surface area contributed by atoms with Gasteiger partial charge in [-0.25, -0.2) is 4.57 Å². The standard InChI is InChI=1S/C46H74NO10P/c1-3-5-7-9-11-13-15-17-19-21-23-25-27-29-31-33-35-37-44(48)54-39-42(40-55-58(52,53)56-41-43(47)46(50)51)57-45(49)38-36-34-32-30-28-26-24-22-20-18-16-14-12-10-8-6-4-2/h5,7,11,13,17-20,23-26,29-32,42-43H,3-4,6,8-10,12,14-16,21-22,27-28,33-41,47H2,1-2H3,(H,50,51)(H,52,53)/b7-5+,13-11+,19-17+,20-18+,25-23+,26-24+,31-29+,32-30+/t42-,43+/m1/s1. The molecule has 0 heterocycles. The first-order chi connectivity index (χ1) is 28.1. The smallest absolute Gasteiger partial charge is 0.472 e. The van der Waals surface area contributed by atoms with Crippen LogP contribution in [0, 0.1) is 0 Å². The number of aliphatic carboxylic acids is 1. The highest BCUT2D eigenvalue weighted by Gasteiger charge is 2.28. The van der Waals surface area contributed by atoms with E-state index in [4.69, 9.17) is 24.8 Å². The van der Waals surface area contributed by atoms with Crippen LogP contribution in [0.25, 0.3) is 0 Å². The van der Waals surface area contributed by atoms with Crippen molar-refractivity contribution in [2.75, 3.05) is 19.8 Å². The third-order valence-electron chi connectivity index (χ3n) is 8.32. The second-order valence-electron chi connectivity index (χ2n) is 13.7. The number of carbonyl (C=O) groups is 3. The molecule has 58 heavy (non-hydrogen) atoms. The number of carboxylic acid groups (broad SMARTS) is 1. The quantitative estimate of drug-likeness (QED) is 0.0234. The molecule has 0 saturated heterocycles. The van der Waals surface area contributed by atoms with Crippen LogP contribution in [0.3, 0.4) is 0 Å².